The highest BCUT2D eigenvalue weighted by molar-refractivity contribution is 5.97. The number of allylic oxidation sites excluding steroid dienone is 1. The fraction of sp³-hybridized carbons (Fsp3) is 0.727. The summed E-state index contributed by atoms with van der Waals surface area (Å²) in [4.78, 5) is 47.2. The van der Waals surface area contributed by atoms with Gasteiger partial charge in [-0.15, -0.1) is 0 Å². The molecule has 9 nitrogen and oxygen atoms in total. The molecule has 0 spiro atoms. The Hall–Kier alpha value is -2.26. The van der Waals surface area contributed by atoms with Gasteiger partial charge in [-0.1, -0.05) is 13.8 Å². The normalized spacial score (nSPS) is 19.7. The quantitative estimate of drug-likeness (QED) is 0.174. The Bertz CT molecular complexity index is 623. The van der Waals surface area contributed by atoms with Gasteiger partial charge >= 0.3 is 0 Å². The second kappa shape index (κ2) is 15.5. The summed E-state index contributed by atoms with van der Waals surface area (Å²) in [5.41, 5.74) is 0. The van der Waals surface area contributed by atoms with Gasteiger partial charge in [0.25, 0.3) is 0 Å². The topological polar surface area (TPSA) is 137 Å². The van der Waals surface area contributed by atoms with Gasteiger partial charge in [0.2, 0.25) is 17.7 Å². The molecule has 1 saturated heterocycles. The van der Waals surface area contributed by atoms with Crippen LogP contribution in [0.25, 0.3) is 0 Å². The third kappa shape index (κ3) is 11.6. The number of aliphatic hydroxyl groups is 1. The van der Waals surface area contributed by atoms with Crippen LogP contribution < -0.4 is 21.3 Å². The molecule has 0 aromatic rings. The van der Waals surface area contributed by atoms with Gasteiger partial charge in [0.05, 0.1) is 6.10 Å². The van der Waals surface area contributed by atoms with Crippen molar-refractivity contribution in [3.05, 3.63) is 12.2 Å². The first kappa shape index (κ1) is 26.8. The van der Waals surface area contributed by atoms with Crippen LogP contribution >= 0.6 is 0 Å². The summed E-state index contributed by atoms with van der Waals surface area (Å²) in [5.74, 6) is -0.738. The van der Waals surface area contributed by atoms with Gasteiger partial charge < -0.3 is 26.4 Å². The fourth-order valence-electron chi connectivity index (χ4n) is 3.12. The summed E-state index contributed by atoms with van der Waals surface area (Å²) >= 11 is 0. The lowest BCUT2D eigenvalue weighted by molar-refractivity contribution is -0.137. The summed E-state index contributed by atoms with van der Waals surface area (Å²) in [6, 6.07) is -1.04. The molecule has 0 saturated carbocycles. The number of ketones is 1. The molecule has 1 fully saturated rings. The molecule has 3 atom stereocenters. The molecule has 0 aromatic carbocycles. The predicted molar refractivity (Wildman–Crippen MR) is 118 cm³/mol. The lowest BCUT2D eigenvalue weighted by Crippen LogP contribution is -2.61. The summed E-state index contributed by atoms with van der Waals surface area (Å²) < 4.78 is 0. The van der Waals surface area contributed by atoms with Gasteiger partial charge in [0.15, 0.2) is 5.78 Å². The molecule has 1 aliphatic heterocycles. The molecule has 3 unspecified atom stereocenters. The van der Waals surface area contributed by atoms with E-state index in [4.69, 9.17) is 0 Å². The Morgan fingerprint density at radius 2 is 1.55 bits per heavy atom. The van der Waals surface area contributed by atoms with E-state index < -0.39 is 12.1 Å². The zero-order valence-electron chi connectivity index (χ0n) is 18.7. The fourth-order valence-corrected chi connectivity index (χ4v) is 3.12. The van der Waals surface area contributed by atoms with Gasteiger partial charge in [-0.25, -0.2) is 0 Å². The van der Waals surface area contributed by atoms with Crippen molar-refractivity contribution in [2.24, 2.45) is 0 Å². The summed E-state index contributed by atoms with van der Waals surface area (Å²) in [7, 11) is 0. The van der Waals surface area contributed by atoms with Crippen LogP contribution in [0.3, 0.4) is 0 Å². The summed E-state index contributed by atoms with van der Waals surface area (Å²) in [6.45, 7) is 5.44. The standard InChI is InChI=1S/C22H38N4O5/c1-3-16(27)11-12-20(29)24-14-8-6-10-19-22(31)25-18(21(30)26-19)9-5-7-13-23-15-17(28)4-2/h11-12,17-19,23,28H,3-10,13-15H2,1-2H3,(H,24,29)(H,25,31)(H,26,30). The van der Waals surface area contributed by atoms with Gasteiger partial charge in [0.1, 0.15) is 12.1 Å². The van der Waals surface area contributed by atoms with E-state index in [0.29, 0.717) is 45.2 Å². The van der Waals surface area contributed by atoms with Gasteiger partial charge in [-0.2, -0.15) is 0 Å². The maximum absolute atomic E-state index is 12.3. The second-order valence-corrected chi connectivity index (χ2v) is 7.82. The average Bonchev–Trinajstić information content (AvgIpc) is 2.76. The highest BCUT2D eigenvalue weighted by Gasteiger charge is 2.32. The molecule has 3 amide bonds. The number of piperazine rings is 1. The Labute approximate surface area is 184 Å². The molecule has 31 heavy (non-hydrogen) atoms. The highest BCUT2D eigenvalue weighted by Crippen LogP contribution is 2.10. The molecule has 176 valence electrons. The number of amides is 3. The number of hydrogen-bond donors (Lipinski definition) is 5. The van der Waals surface area contributed by atoms with E-state index in [1.54, 1.807) is 6.92 Å². The molecule has 0 aliphatic carbocycles. The van der Waals surface area contributed by atoms with Crippen LogP contribution in [-0.2, 0) is 19.2 Å². The van der Waals surface area contributed by atoms with Gasteiger partial charge in [0, 0.05) is 25.6 Å². The van der Waals surface area contributed by atoms with Crippen LogP contribution in [0.4, 0.5) is 0 Å². The maximum Gasteiger partial charge on any atom is 0.244 e. The van der Waals surface area contributed by atoms with Crippen LogP contribution in [0.15, 0.2) is 12.2 Å². The molecule has 1 heterocycles. The van der Waals surface area contributed by atoms with Crippen molar-refractivity contribution in [1.82, 2.24) is 21.3 Å². The minimum Gasteiger partial charge on any atom is -0.392 e. The first-order valence-corrected chi connectivity index (χ1v) is 11.4. The monoisotopic (exact) mass is 438 g/mol. The van der Waals surface area contributed by atoms with E-state index >= 15 is 0 Å². The van der Waals surface area contributed by atoms with Gasteiger partial charge in [-0.3, -0.25) is 19.2 Å². The van der Waals surface area contributed by atoms with Crippen molar-refractivity contribution in [1.29, 1.82) is 0 Å². The van der Waals surface area contributed by atoms with Crippen LogP contribution in [0.1, 0.15) is 65.2 Å². The average molecular weight is 439 g/mol. The Kier molecular flexibility index (Phi) is 13.4. The minimum atomic E-state index is -0.543. The lowest BCUT2D eigenvalue weighted by atomic mass is 10.0. The number of hydrogen-bond acceptors (Lipinski definition) is 6. The molecule has 1 rings (SSSR count). The summed E-state index contributed by atoms with van der Waals surface area (Å²) in [5, 5.41) is 20.9. The number of nitrogens with one attached hydrogen (secondary N) is 4. The third-order valence-electron chi connectivity index (χ3n) is 5.20. The molecule has 1 aliphatic rings. The second-order valence-electron chi connectivity index (χ2n) is 7.82. The molecular weight excluding hydrogens is 400 g/mol. The van der Waals surface area contributed by atoms with Crippen LogP contribution in [0, 0.1) is 0 Å². The maximum atomic E-state index is 12.3. The predicted octanol–water partition coefficient (Wildman–Crippen LogP) is 0.322. The zero-order valence-corrected chi connectivity index (χ0v) is 18.7. The molecule has 0 aromatic heterocycles. The Morgan fingerprint density at radius 1 is 0.968 bits per heavy atom. The van der Waals surface area contributed by atoms with Crippen LogP contribution in [-0.4, -0.2) is 66.4 Å². The number of carbonyl (C=O) groups excluding carboxylic acids is 4. The Morgan fingerprint density at radius 3 is 2.10 bits per heavy atom. The largest absolute Gasteiger partial charge is 0.392 e. The molecule has 0 radical (unpaired) electrons. The molecule has 5 N–H and O–H groups in total. The van der Waals surface area contributed by atoms with Crippen molar-refractivity contribution in [2.75, 3.05) is 19.6 Å². The van der Waals surface area contributed by atoms with Crippen molar-refractivity contribution in [3.63, 3.8) is 0 Å². The van der Waals surface area contributed by atoms with Crippen LogP contribution in [0.2, 0.25) is 0 Å². The van der Waals surface area contributed by atoms with E-state index in [2.05, 4.69) is 21.3 Å². The smallest absolute Gasteiger partial charge is 0.244 e. The van der Waals surface area contributed by atoms with E-state index in [0.717, 1.165) is 25.8 Å². The first-order chi connectivity index (χ1) is 14.9. The molecular formula is C22H38N4O5. The van der Waals surface area contributed by atoms with E-state index in [-0.39, 0.29) is 29.6 Å². The van der Waals surface area contributed by atoms with Crippen molar-refractivity contribution in [2.45, 2.75) is 83.4 Å². The number of aliphatic hydroxyl groups excluding tert-OH is 1. The number of carbonyl (C=O) groups is 4. The lowest BCUT2D eigenvalue weighted by Gasteiger charge is -2.29. The van der Waals surface area contributed by atoms with E-state index in [1.807, 2.05) is 6.92 Å². The molecule has 0 bridgehead atoms. The van der Waals surface area contributed by atoms with Crippen molar-refractivity contribution in [3.8, 4) is 0 Å². The third-order valence-corrected chi connectivity index (χ3v) is 5.20. The number of unbranched alkanes of at least 4 members (excludes halogenated alkanes) is 2. The SMILES string of the molecule is CCC(=O)C=CC(=O)NCCCCC1NC(=O)C(CCCCNCC(O)CC)NC1=O. The van der Waals surface area contributed by atoms with Crippen molar-refractivity contribution >= 4 is 23.5 Å². The first-order valence-electron chi connectivity index (χ1n) is 11.4. The zero-order chi connectivity index (χ0) is 23.1. The highest BCUT2D eigenvalue weighted by atomic mass is 16.3. The van der Waals surface area contributed by atoms with Gasteiger partial charge in [-0.05, 0) is 57.6 Å². The summed E-state index contributed by atoms with van der Waals surface area (Å²) in [6.07, 6.45) is 7.35. The van der Waals surface area contributed by atoms with E-state index in [9.17, 15) is 24.3 Å². The van der Waals surface area contributed by atoms with Crippen LogP contribution in [0.5, 0.6) is 0 Å². The van der Waals surface area contributed by atoms with Crippen molar-refractivity contribution < 1.29 is 24.3 Å². The number of rotatable bonds is 16. The molecule has 9 heteroatoms. The Balaban J connectivity index is 2.16. The van der Waals surface area contributed by atoms with E-state index in [1.165, 1.54) is 12.2 Å². The minimum absolute atomic E-state index is 0.101.